The lowest BCUT2D eigenvalue weighted by Gasteiger charge is -2.33. The zero-order chi connectivity index (χ0) is 13.8. The van der Waals surface area contributed by atoms with Gasteiger partial charge in [-0.3, -0.25) is 0 Å². The van der Waals surface area contributed by atoms with Crippen LogP contribution >= 0.6 is 0 Å². The summed E-state index contributed by atoms with van der Waals surface area (Å²) in [6.45, 7) is 5.36. The van der Waals surface area contributed by atoms with Gasteiger partial charge in [0.25, 0.3) is 0 Å². The van der Waals surface area contributed by atoms with Crippen LogP contribution in [0.4, 0.5) is 17.3 Å². The van der Waals surface area contributed by atoms with Gasteiger partial charge in [0.1, 0.15) is 0 Å². The highest BCUT2D eigenvalue weighted by atomic mass is 15.2. The van der Waals surface area contributed by atoms with E-state index in [0.29, 0.717) is 12.0 Å². The molecule has 0 radical (unpaired) electrons. The van der Waals surface area contributed by atoms with Gasteiger partial charge >= 0.3 is 0 Å². The van der Waals surface area contributed by atoms with Gasteiger partial charge in [-0.05, 0) is 37.3 Å². The standard InChI is InChI=1S/C15H19N5/c1-12-11-20(10-9-16-12)14-5-3-13(4-6-14)19-15-17-7-2-8-18-15/h2-8,12,16H,9-11H2,1H3,(H,17,18,19). The molecule has 0 amide bonds. The second kappa shape index (κ2) is 5.88. The molecule has 1 unspecified atom stereocenters. The highest BCUT2D eigenvalue weighted by molar-refractivity contribution is 5.59. The summed E-state index contributed by atoms with van der Waals surface area (Å²) in [7, 11) is 0. The van der Waals surface area contributed by atoms with Crippen LogP contribution in [0.25, 0.3) is 0 Å². The van der Waals surface area contributed by atoms with E-state index >= 15 is 0 Å². The van der Waals surface area contributed by atoms with Crippen LogP contribution in [0.5, 0.6) is 0 Å². The number of rotatable bonds is 3. The van der Waals surface area contributed by atoms with Crippen LogP contribution in [-0.2, 0) is 0 Å². The van der Waals surface area contributed by atoms with Gasteiger partial charge in [-0.2, -0.15) is 0 Å². The number of benzene rings is 1. The summed E-state index contributed by atoms with van der Waals surface area (Å²) < 4.78 is 0. The van der Waals surface area contributed by atoms with Crippen LogP contribution in [0.2, 0.25) is 0 Å². The normalized spacial score (nSPS) is 18.9. The number of aromatic nitrogens is 2. The lowest BCUT2D eigenvalue weighted by Crippen LogP contribution is -2.49. The van der Waals surface area contributed by atoms with Crippen molar-refractivity contribution in [2.75, 3.05) is 29.9 Å². The first-order chi connectivity index (χ1) is 9.81. The molecule has 20 heavy (non-hydrogen) atoms. The minimum atomic E-state index is 0.541. The quantitative estimate of drug-likeness (QED) is 0.893. The first-order valence-electron chi connectivity index (χ1n) is 6.94. The fourth-order valence-corrected chi connectivity index (χ4v) is 2.42. The van der Waals surface area contributed by atoms with Crippen molar-refractivity contribution in [3.63, 3.8) is 0 Å². The van der Waals surface area contributed by atoms with Crippen LogP contribution in [0.1, 0.15) is 6.92 Å². The van der Waals surface area contributed by atoms with Gasteiger partial charge in [-0.25, -0.2) is 9.97 Å². The Bertz CT molecular complexity index is 540. The summed E-state index contributed by atoms with van der Waals surface area (Å²) in [5.41, 5.74) is 2.26. The highest BCUT2D eigenvalue weighted by Gasteiger charge is 2.15. The Morgan fingerprint density at radius 1 is 1.20 bits per heavy atom. The molecule has 5 heteroatoms. The van der Waals surface area contributed by atoms with Gasteiger partial charge in [0.05, 0.1) is 0 Å². The van der Waals surface area contributed by atoms with E-state index < -0.39 is 0 Å². The Morgan fingerprint density at radius 2 is 1.95 bits per heavy atom. The Kier molecular flexibility index (Phi) is 3.78. The molecule has 1 saturated heterocycles. The Hall–Kier alpha value is -2.14. The fourth-order valence-electron chi connectivity index (χ4n) is 2.42. The summed E-state index contributed by atoms with van der Waals surface area (Å²) in [6, 6.07) is 10.8. The lowest BCUT2D eigenvalue weighted by molar-refractivity contribution is 0.485. The van der Waals surface area contributed by atoms with Gasteiger partial charge < -0.3 is 15.5 Å². The van der Waals surface area contributed by atoms with Gasteiger partial charge in [0, 0.05) is 49.4 Å². The second-order valence-corrected chi connectivity index (χ2v) is 5.05. The summed E-state index contributed by atoms with van der Waals surface area (Å²) in [5.74, 6) is 0.621. The van der Waals surface area contributed by atoms with Crippen LogP contribution < -0.4 is 15.5 Å². The molecule has 0 bridgehead atoms. The van der Waals surface area contributed by atoms with E-state index in [9.17, 15) is 0 Å². The van der Waals surface area contributed by atoms with Gasteiger partial charge in [0.2, 0.25) is 5.95 Å². The highest BCUT2D eigenvalue weighted by Crippen LogP contribution is 2.20. The van der Waals surface area contributed by atoms with Gasteiger partial charge in [-0.15, -0.1) is 0 Å². The molecule has 2 heterocycles. The predicted octanol–water partition coefficient (Wildman–Crippen LogP) is 2.02. The molecule has 1 aliphatic rings. The molecular formula is C15H19N5. The van der Waals surface area contributed by atoms with E-state index in [2.05, 4.69) is 56.7 Å². The maximum absolute atomic E-state index is 4.16. The number of hydrogen-bond donors (Lipinski definition) is 2. The average Bonchev–Trinajstić information content (AvgIpc) is 2.49. The van der Waals surface area contributed by atoms with Crippen LogP contribution in [0.3, 0.4) is 0 Å². The summed E-state index contributed by atoms with van der Waals surface area (Å²) in [5, 5.41) is 6.64. The Balaban J connectivity index is 1.68. The second-order valence-electron chi connectivity index (χ2n) is 5.05. The zero-order valence-electron chi connectivity index (χ0n) is 11.6. The molecule has 104 valence electrons. The first kappa shape index (κ1) is 12.9. The number of anilines is 3. The molecule has 5 nitrogen and oxygen atoms in total. The van der Waals surface area contributed by atoms with Crippen molar-refractivity contribution in [1.82, 2.24) is 15.3 Å². The molecule has 3 rings (SSSR count). The minimum Gasteiger partial charge on any atom is -0.369 e. The third-order valence-electron chi connectivity index (χ3n) is 3.42. The van der Waals surface area contributed by atoms with Gasteiger partial charge in [0.15, 0.2) is 0 Å². The van der Waals surface area contributed by atoms with E-state index in [1.807, 2.05) is 0 Å². The van der Waals surface area contributed by atoms with Crippen LogP contribution in [0.15, 0.2) is 42.7 Å². The molecule has 1 aliphatic heterocycles. The van der Waals surface area contributed by atoms with Crippen molar-refractivity contribution in [2.45, 2.75) is 13.0 Å². The zero-order valence-corrected chi connectivity index (χ0v) is 11.6. The summed E-state index contributed by atoms with van der Waals surface area (Å²) in [6.07, 6.45) is 3.46. The van der Waals surface area contributed by atoms with E-state index in [-0.39, 0.29) is 0 Å². The van der Waals surface area contributed by atoms with Crippen molar-refractivity contribution >= 4 is 17.3 Å². The Labute approximate surface area is 119 Å². The summed E-state index contributed by atoms with van der Waals surface area (Å²) in [4.78, 5) is 10.7. The summed E-state index contributed by atoms with van der Waals surface area (Å²) >= 11 is 0. The minimum absolute atomic E-state index is 0.541. The number of piperazine rings is 1. The molecule has 1 aromatic carbocycles. The maximum atomic E-state index is 4.16. The SMILES string of the molecule is CC1CN(c2ccc(Nc3ncccn3)cc2)CCN1. The molecule has 1 fully saturated rings. The van der Waals surface area contributed by atoms with E-state index in [0.717, 1.165) is 25.3 Å². The van der Waals surface area contributed by atoms with E-state index in [1.165, 1.54) is 5.69 Å². The third-order valence-corrected chi connectivity index (χ3v) is 3.42. The lowest BCUT2D eigenvalue weighted by atomic mass is 10.2. The first-order valence-corrected chi connectivity index (χ1v) is 6.94. The fraction of sp³-hybridized carbons (Fsp3) is 0.333. The molecule has 0 spiro atoms. The largest absolute Gasteiger partial charge is 0.369 e. The van der Waals surface area contributed by atoms with Crippen molar-refractivity contribution in [3.05, 3.63) is 42.7 Å². The average molecular weight is 269 g/mol. The molecule has 2 N–H and O–H groups in total. The van der Waals surface area contributed by atoms with Gasteiger partial charge in [-0.1, -0.05) is 0 Å². The Morgan fingerprint density at radius 3 is 2.65 bits per heavy atom. The number of nitrogens with one attached hydrogen (secondary N) is 2. The van der Waals surface area contributed by atoms with Crippen molar-refractivity contribution in [3.8, 4) is 0 Å². The smallest absolute Gasteiger partial charge is 0.227 e. The molecule has 2 aromatic rings. The molecular weight excluding hydrogens is 250 g/mol. The van der Waals surface area contributed by atoms with Crippen molar-refractivity contribution < 1.29 is 0 Å². The van der Waals surface area contributed by atoms with Crippen LogP contribution in [0, 0.1) is 0 Å². The molecule has 0 saturated carbocycles. The topological polar surface area (TPSA) is 53.1 Å². The number of hydrogen-bond acceptors (Lipinski definition) is 5. The van der Waals surface area contributed by atoms with E-state index in [1.54, 1.807) is 18.5 Å². The molecule has 1 atom stereocenters. The maximum Gasteiger partial charge on any atom is 0.227 e. The predicted molar refractivity (Wildman–Crippen MR) is 81.4 cm³/mol. The van der Waals surface area contributed by atoms with Crippen molar-refractivity contribution in [1.29, 1.82) is 0 Å². The van der Waals surface area contributed by atoms with Crippen molar-refractivity contribution in [2.24, 2.45) is 0 Å². The number of nitrogens with zero attached hydrogens (tertiary/aromatic N) is 3. The third kappa shape index (κ3) is 3.05. The molecule has 0 aliphatic carbocycles. The monoisotopic (exact) mass is 269 g/mol. The molecule has 1 aromatic heterocycles. The van der Waals surface area contributed by atoms with Crippen LogP contribution in [-0.4, -0.2) is 35.6 Å². The van der Waals surface area contributed by atoms with E-state index in [4.69, 9.17) is 0 Å².